The van der Waals surface area contributed by atoms with Gasteiger partial charge in [0.15, 0.2) is 5.82 Å². The maximum Gasteiger partial charge on any atom is 0.182 e. The minimum atomic E-state index is 0.301. The summed E-state index contributed by atoms with van der Waals surface area (Å²) in [5, 5.41) is 12.6. The molecule has 0 saturated heterocycles. The number of hydrogen-bond donors (Lipinski definition) is 1. The summed E-state index contributed by atoms with van der Waals surface area (Å²) in [4.78, 5) is 0. The topological polar surface area (TPSA) is 69.6 Å². The average Bonchev–Trinajstić information content (AvgIpc) is 2.77. The fourth-order valence-electron chi connectivity index (χ4n) is 3.18. The lowest BCUT2D eigenvalue weighted by Gasteiger charge is -2.07. The van der Waals surface area contributed by atoms with Crippen LogP contribution in [-0.2, 0) is 6.54 Å². The molecule has 0 atom stereocenters. The van der Waals surface area contributed by atoms with E-state index in [1.807, 2.05) is 16.8 Å². The van der Waals surface area contributed by atoms with Gasteiger partial charge in [-0.25, -0.2) is 4.68 Å². The molecule has 112 valence electrons. The molecule has 1 aliphatic carbocycles. The van der Waals surface area contributed by atoms with Crippen LogP contribution in [0.1, 0.15) is 27.7 Å². The summed E-state index contributed by atoms with van der Waals surface area (Å²) in [6, 6.07) is 5.48. The molecule has 3 rings (SSSR count). The number of tetrazole rings is 1. The van der Waals surface area contributed by atoms with E-state index >= 15 is 0 Å². The van der Waals surface area contributed by atoms with Gasteiger partial charge in [0.25, 0.3) is 0 Å². The Morgan fingerprint density at radius 3 is 2.48 bits per heavy atom. The van der Waals surface area contributed by atoms with Crippen LogP contribution in [0.2, 0.25) is 5.02 Å². The van der Waals surface area contributed by atoms with E-state index in [9.17, 15) is 0 Å². The van der Waals surface area contributed by atoms with Crippen molar-refractivity contribution in [3.05, 3.63) is 23.2 Å². The second kappa shape index (κ2) is 4.44. The smallest absolute Gasteiger partial charge is 0.182 e. The lowest BCUT2D eigenvalue weighted by molar-refractivity contribution is 0.457. The number of anilines is 1. The molecule has 0 unspecified atom stereocenters. The molecule has 1 aromatic heterocycles. The minimum absolute atomic E-state index is 0.301. The molecule has 2 N–H and O–H groups in total. The standard InChI is InChI=1S/C15H20ClN5/c1-14(2)12(15(14,3)4)8-21-13(18-19-20-21)9-5-6-10(16)11(17)7-9/h5-7,12H,8,17H2,1-4H3. The summed E-state index contributed by atoms with van der Waals surface area (Å²) in [6.07, 6.45) is 0. The SMILES string of the molecule is CC1(C)C(Cn2nnnc2-c2ccc(Cl)c(N)c2)C1(C)C. The van der Waals surface area contributed by atoms with Gasteiger partial charge in [0.05, 0.1) is 10.7 Å². The highest BCUT2D eigenvalue weighted by molar-refractivity contribution is 6.33. The molecular weight excluding hydrogens is 286 g/mol. The van der Waals surface area contributed by atoms with Crippen molar-refractivity contribution >= 4 is 17.3 Å². The molecule has 1 heterocycles. The van der Waals surface area contributed by atoms with Crippen molar-refractivity contribution in [3.63, 3.8) is 0 Å². The number of nitrogens with two attached hydrogens (primary N) is 1. The number of nitrogens with zero attached hydrogens (tertiary/aromatic N) is 4. The van der Waals surface area contributed by atoms with Crippen LogP contribution < -0.4 is 5.73 Å². The summed E-state index contributed by atoms with van der Waals surface area (Å²) in [5.41, 5.74) is 7.89. The highest BCUT2D eigenvalue weighted by Crippen LogP contribution is 2.68. The Labute approximate surface area is 129 Å². The molecule has 5 nitrogen and oxygen atoms in total. The molecule has 1 fully saturated rings. The molecule has 0 spiro atoms. The third-order valence-corrected chi connectivity index (χ3v) is 5.81. The highest BCUT2D eigenvalue weighted by atomic mass is 35.5. The van der Waals surface area contributed by atoms with E-state index in [0.717, 1.165) is 17.9 Å². The fourth-order valence-corrected chi connectivity index (χ4v) is 3.30. The number of halogens is 1. The van der Waals surface area contributed by atoms with Crippen LogP contribution in [0.4, 0.5) is 5.69 Å². The summed E-state index contributed by atoms with van der Waals surface area (Å²) >= 11 is 5.97. The van der Waals surface area contributed by atoms with Crippen molar-refractivity contribution in [1.82, 2.24) is 20.2 Å². The number of aromatic nitrogens is 4. The Hall–Kier alpha value is -1.62. The molecule has 0 amide bonds. The van der Waals surface area contributed by atoms with Gasteiger partial charge in [-0.3, -0.25) is 0 Å². The van der Waals surface area contributed by atoms with Crippen molar-refractivity contribution < 1.29 is 0 Å². The third kappa shape index (κ3) is 2.11. The van der Waals surface area contributed by atoms with Crippen LogP contribution in [0.25, 0.3) is 11.4 Å². The number of benzene rings is 1. The molecule has 0 aliphatic heterocycles. The highest BCUT2D eigenvalue weighted by Gasteiger charge is 2.64. The first-order valence-corrected chi connectivity index (χ1v) is 7.44. The fraction of sp³-hybridized carbons (Fsp3) is 0.533. The predicted molar refractivity (Wildman–Crippen MR) is 83.7 cm³/mol. The van der Waals surface area contributed by atoms with Crippen LogP contribution in [0, 0.1) is 16.7 Å². The Morgan fingerprint density at radius 2 is 1.90 bits per heavy atom. The van der Waals surface area contributed by atoms with E-state index in [-0.39, 0.29) is 0 Å². The van der Waals surface area contributed by atoms with Gasteiger partial charge in [0.2, 0.25) is 0 Å². The van der Waals surface area contributed by atoms with Gasteiger partial charge >= 0.3 is 0 Å². The van der Waals surface area contributed by atoms with E-state index in [4.69, 9.17) is 17.3 Å². The summed E-state index contributed by atoms with van der Waals surface area (Å²) in [6.45, 7) is 9.98. The van der Waals surface area contributed by atoms with Crippen LogP contribution in [-0.4, -0.2) is 20.2 Å². The zero-order chi connectivity index (χ0) is 15.4. The van der Waals surface area contributed by atoms with Crippen molar-refractivity contribution in [2.45, 2.75) is 34.2 Å². The summed E-state index contributed by atoms with van der Waals surface area (Å²) < 4.78 is 1.86. The molecule has 6 heteroatoms. The number of hydrogen-bond acceptors (Lipinski definition) is 4. The lowest BCUT2D eigenvalue weighted by atomic mass is 10.0. The first-order valence-electron chi connectivity index (χ1n) is 7.06. The van der Waals surface area contributed by atoms with Gasteiger partial charge in [-0.15, -0.1) is 5.10 Å². The lowest BCUT2D eigenvalue weighted by Crippen LogP contribution is -2.08. The zero-order valence-electron chi connectivity index (χ0n) is 12.8. The van der Waals surface area contributed by atoms with E-state index in [1.165, 1.54) is 0 Å². The van der Waals surface area contributed by atoms with Gasteiger partial charge in [-0.05, 0) is 45.4 Å². The number of rotatable bonds is 3. The van der Waals surface area contributed by atoms with E-state index in [2.05, 4.69) is 43.2 Å². The normalized spacial score (nSPS) is 19.7. The quantitative estimate of drug-likeness (QED) is 0.884. The minimum Gasteiger partial charge on any atom is -0.398 e. The van der Waals surface area contributed by atoms with E-state index in [0.29, 0.717) is 27.5 Å². The zero-order valence-corrected chi connectivity index (χ0v) is 13.5. The molecule has 0 radical (unpaired) electrons. The van der Waals surface area contributed by atoms with Crippen molar-refractivity contribution in [3.8, 4) is 11.4 Å². The van der Waals surface area contributed by atoms with E-state index < -0.39 is 0 Å². The van der Waals surface area contributed by atoms with E-state index in [1.54, 1.807) is 6.07 Å². The molecule has 1 aromatic carbocycles. The Kier molecular flexibility index (Phi) is 3.03. The van der Waals surface area contributed by atoms with Crippen molar-refractivity contribution in [2.75, 3.05) is 5.73 Å². The molecule has 2 aromatic rings. The maximum atomic E-state index is 5.97. The first kappa shape index (κ1) is 14.3. The maximum absolute atomic E-state index is 5.97. The van der Waals surface area contributed by atoms with Gasteiger partial charge < -0.3 is 5.73 Å². The molecule has 1 saturated carbocycles. The Balaban J connectivity index is 1.90. The van der Waals surface area contributed by atoms with Crippen LogP contribution in [0.5, 0.6) is 0 Å². The molecular formula is C15H20ClN5. The van der Waals surface area contributed by atoms with Crippen LogP contribution in [0.15, 0.2) is 18.2 Å². The van der Waals surface area contributed by atoms with Crippen molar-refractivity contribution in [2.24, 2.45) is 16.7 Å². The molecule has 1 aliphatic rings. The second-order valence-electron chi connectivity index (χ2n) is 6.92. The first-order chi connectivity index (χ1) is 9.75. The predicted octanol–water partition coefficient (Wildman–Crippen LogP) is 3.26. The molecule has 21 heavy (non-hydrogen) atoms. The third-order valence-electron chi connectivity index (χ3n) is 5.46. The molecule has 0 bridgehead atoms. The average molecular weight is 306 g/mol. The van der Waals surface area contributed by atoms with Crippen LogP contribution in [0.3, 0.4) is 0 Å². The largest absolute Gasteiger partial charge is 0.398 e. The summed E-state index contributed by atoms with van der Waals surface area (Å²) in [7, 11) is 0. The van der Waals surface area contributed by atoms with Gasteiger partial charge in [-0.1, -0.05) is 39.3 Å². The van der Waals surface area contributed by atoms with Gasteiger partial charge in [0.1, 0.15) is 0 Å². The Bertz CT molecular complexity index is 675. The van der Waals surface area contributed by atoms with Crippen molar-refractivity contribution in [1.29, 1.82) is 0 Å². The summed E-state index contributed by atoms with van der Waals surface area (Å²) in [5.74, 6) is 1.29. The van der Waals surface area contributed by atoms with Gasteiger partial charge in [0, 0.05) is 12.1 Å². The van der Waals surface area contributed by atoms with Gasteiger partial charge in [-0.2, -0.15) is 0 Å². The monoisotopic (exact) mass is 305 g/mol. The van der Waals surface area contributed by atoms with Crippen LogP contribution >= 0.6 is 11.6 Å². The number of nitrogen functional groups attached to an aromatic ring is 1. The second-order valence-corrected chi connectivity index (χ2v) is 7.32. The Morgan fingerprint density at radius 1 is 1.24 bits per heavy atom.